The molecular formula is C23H29N3O2S. The van der Waals surface area contributed by atoms with Crippen molar-refractivity contribution in [3.05, 3.63) is 59.7 Å². The number of hydrogen-bond acceptors (Lipinski definition) is 4. The Kier molecular flexibility index (Phi) is 7.47. The van der Waals surface area contributed by atoms with E-state index in [1.807, 2.05) is 6.07 Å². The van der Waals surface area contributed by atoms with E-state index in [-0.39, 0.29) is 5.97 Å². The van der Waals surface area contributed by atoms with Crippen molar-refractivity contribution in [3.8, 4) is 0 Å². The molecule has 5 nitrogen and oxygen atoms in total. The number of carbonyl (C=O) groups excluding carboxylic acids is 1. The summed E-state index contributed by atoms with van der Waals surface area (Å²) < 4.78 is 5.03. The quantitative estimate of drug-likeness (QED) is 0.536. The third-order valence-corrected chi connectivity index (χ3v) is 5.29. The lowest BCUT2D eigenvalue weighted by Gasteiger charge is -2.32. The van der Waals surface area contributed by atoms with E-state index in [9.17, 15) is 4.79 Å². The highest BCUT2D eigenvalue weighted by Gasteiger charge is 2.16. The topological polar surface area (TPSA) is 53.6 Å². The number of ether oxygens (including phenoxy) is 1. The van der Waals surface area contributed by atoms with E-state index < -0.39 is 0 Å². The number of thiocarbonyl (C=S) groups is 1. The van der Waals surface area contributed by atoms with E-state index in [0.717, 1.165) is 24.7 Å². The standard InChI is InChI=1S/C23H29N3O2S/c1-3-28-22(27)19-7-4-8-20(14-19)25-23(29)24-15-18-9-11-21(12-10-18)26-13-5-6-17(2)16-26/h4,7-12,14,17H,3,5-6,13,15-16H2,1-2H3,(H2,24,25,29)/t17-/m0/s1. The van der Waals surface area contributed by atoms with Crippen molar-refractivity contribution in [3.63, 3.8) is 0 Å². The van der Waals surface area contributed by atoms with Gasteiger partial charge in [0.2, 0.25) is 0 Å². The summed E-state index contributed by atoms with van der Waals surface area (Å²) in [6.45, 7) is 7.38. The number of benzene rings is 2. The summed E-state index contributed by atoms with van der Waals surface area (Å²) in [5, 5.41) is 6.85. The molecule has 29 heavy (non-hydrogen) atoms. The minimum Gasteiger partial charge on any atom is -0.462 e. The summed E-state index contributed by atoms with van der Waals surface area (Å²) in [6, 6.07) is 15.8. The van der Waals surface area contributed by atoms with Crippen molar-refractivity contribution in [2.45, 2.75) is 33.2 Å². The van der Waals surface area contributed by atoms with Crippen LogP contribution < -0.4 is 15.5 Å². The van der Waals surface area contributed by atoms with Gasteiger partial charge >= 0.3 is 5.97 Å². The molecule has 0 radical (unpaired) electrons. The smallest absolute Gasteiger partial charge is 0.338 e. The maximum atomic E-state index is 11.9. The summed E-state index contributed by atoms with van der Waals surface area (Å²) in [5.74, 6) is 0.425. The van der Waals surface area contributed by atoms with Crippen LogP contribution in [-0.2, 0) is 11.3 Å². The third-order valence-electron chi connectivity index (χ3n) is 5.04. The number of nitrogens with one attached hydrogen (secondary N) is 2. The first-order chi connectivity index (χ1) is 14.0. The lowest BCUT2D eigenvalue weighted by molar-refractivity contribution is 0.0526. The molecule has 0 amide bonds. The predicted octanol–water partition coefficient (Wildman–Crippen LogP) is 4.59. The van der Waals surface area contributed by atoms with Crippen LogP contribution in [0.3, 0.4) is 0 Å². The van der Waals surface area contributed by atoms with Crippen molar-refractivity contribution in [1.82, 2.24) is 5.32 Å². The van der Waals surface area contributed by atoms with Crippen LogP contribution in [0.2, 0.25) is 0 Å². The number of esters is 1. The van der Waals surface area contributed by atoms with Crippen molar-refractivity contribution in [1.29, 1.82) is 0 Å². The molecule has 1 saturated heterocycles. The molecule has 1 fully saturated rings. The molecule has 0 unspecified atom stereocenters. The van der Waals surface area contributed by atoms with E-state index >= 15 is 0 Å². The summed E-state index contributed by atoms with van der Waals surface area (Å²) in [4.78, 5) is 14.3. The average Bonchev–Trinajstić information content (AvgIpc) is 2.73. The number of rotatable bonds is 6. The van der Waals surface area contributed by atoms with Crippen molar-refractivity contribution in [2.24, 2.45) is 5.92 Å². The number of piperidine rings is 1. The summed E-state index contributed by atoms with van der Waals surface area (Å²) in [6.07, 6.45) is 2.59. The monoisotopic (exact) mass is 411 g/mol. The Morgan fingerprint density at radius 1 is 1.24 bits per heavy atom. The van der Waals surface area contributed by atoms with Gasteiger partial charge in [-0.3, -0.25) is 0 Å². The van der Waals surface area contributed by atoms with Crippen LogP contribution in [0.25, 0.3) is 0 Å². The van der Waals surface area contributed by atoms with Crippen LogP contribution in [0.4, 0.5) is 11.4 Å². The first kappa shape index (κ1) is 21.1. The zero-order valence-electron chi connectivity index (χ0n) is 17.1. The SMILES string of the molecule is CCOC(=O)c1cccc(NC(=S)NCc2ccc(N3CCC[C@H](C)C3)cc2)c1. The van der Waals surface area contributed by atoms with Gasteiger partial charge in [0, 0.05) is 31.0 Å². The van der Waals surface area contributed by atoms with E-state index in [4.69, 9.17) is 17.0 Å². The van der Waals surface area contributed by atoms with Crippen LogP contribution in [0.15, 0.2) is 48.5 Å². The number of nitrogens with zero attached hydrogens (tertiary/aromatic N) is 1. The molecule has 154 valence electrons. The molecule has 0 aliphatic carbocycles. The Morgan fingerprint density at radius 2 is 2.03 bits per heavy atom. The summed E-state index contributed by atoms with van der Waals surface area (Å²) in [7, 11) is 0. The molecule has 0 saturated carbocycles. The molecule has 1 atom stereocenters. The fourth-order valence-electron chi connectivity index (χ4n) is 3.54. The van der Waals surface area contributed by atoms with Gasteiger partial charge in [-0.1, -0.05) is 25.1 Å². The number of carbonyl (C=O) groups is 1. The predicted molar refractivity (Wildman–Crippen MR) is 123 cm³/mol. The minimum absolute atomic E-state index is 0.335. The van der Waals surface area contributed by atoms with E-state index in [0.29, 0.717) is 23.8 Å². The first-order valence-electron chi connectivity index (χ1n) is 10.2. The fourth-order valence-corrected chi connectivity index (χ4v) is 3.73. The molecule has 0 aromatic heterocycles. The largest absolute Gasteiger partial charge is 0.462 e. The van der Waals surface area contributed by atoms with Gasteiger partial charge in [0.25, 0.3) is 0 Å². The van der Waals surface area contributed by atoms with Gasteiger partial charge in [0.05, 0.1) is 12.2 Å². The van der Waals surface area contributed by atoms with E-state index in [2.05, 4.69) is 46.7 Å². The maximum absolute atomic E-state index is 11.9. The molecule has 3 rings (SSSR count). The zero-order valence-corrected chi connectivity index (χ0v) is 17.9. The Balaban J connectivity index is 1.50. The average molecular weight is 412 g/mol. The second-order valence-corrected chi connectivity index (χ2v) is 7.88. The van der Waals surface area contributed by atoms with Crippen LogP contribution in [0, 0.1) is 5.92 Å². The number of anilines is 2. The van der Waals surface area contributed by atoms with Gasteiger partial charge in [-0.2, -0.15) is 0 Å². The molecule has 2 aromatic carbocycles. The van der Waals surface area contributed by atoms with Gasteiger partial charge in [0.15, 0.2) is 5.11 Å². The van der Waals surface area contributed by atoms with Gasteiger partial charge in [-0.25, -0.2) is 4.79 Å². The van der Waals surface area contributed by atoms with E-state index in [1.54, 1.807) is 25.1 Å². The molecule has 0 bridgehead atoms. The molecule has 2 N–H and O–H groups in total. The van der Waals surface area contributed by atoms with Crippen LogP contribution in [0.1, 0.15) is 42.6 Å². The summed E-state index contributed by atoms with van der Waals surface area (Å²) >= 11 is 5.39. The lowest BCUT2D eigenvalue weighted by Crippen LogP contribution is -2.34. The number of hydrogen-bond donors (Lipinski definition) is 2. The Hall–Kier alpha value is -2.60. The van der Waals surface area contributed by atoms with Crippen LogP contribution >= 0.6 is 12.2 Å². The highest BCUT2D eigenvalue weighted by molar-refractivity contribution is 7.80. The molecule has 0 spiro atoms. The Morgan fingerprint density at radius 3 is 2.76 bits per heavy atom. The lowest BCUT2D eigenvalue weighted by atomic mass is 9.99. The third kappa shape index (κ3) is 6.19. The highest BCUT2D eigenvalue weighted by Crippen LogP contribution is 2.23. The Labute approximate surface area is 178 Å². The highest BCUT2D eigenvalue weighted by atomic mass is 32.1. The molecule has 1 aliphatic rings. The molecular weight excluding hydrogens is 382 g/mol. The van der Waals surface area contributed by atoms with Gasteiger partial charge in [-0.05, 0) is 73.8 Å². The van der Waals surface area contributed by atoms with Gasteiger partial charge < -0.3 is 20.3 Å². The minimum atomic E-state index is -0.335. The van der Waals surface area contributed by atoms with Crippen LogP contribution in [0.5, 0.6) is 0 Å². The maximum Gasteiger partial charge on any atom is 0.338 e. The molecule has 6 heteroatoms. The summed E-state index contributed by atoms with van der Waals surface area (Å²) in [5.41, 5.74) is 3.71. The molecule has 1 heterocycles. The van der Waals surface area contributed by atoms with E-state index in [1.165, 1.54) is 24.1 Å². The second-order valence-electron chi connectivity index (χ2n) is 7.47. The zero-order chi connectivity index (χ0) is 20.6. The normalized spacial score (nSPS) is 16.2. The van der Waals surface area contributed by atoms with Crippen molar-refractivity contribution >= 4 is 34.7 Å². The molecule has 1 aliphatic heterocycles. The first-order valence-corrected chi connectivity index (χ1v) is 10.6. The molecule has 2 aromatic rings. The van der Waals surface area contributed by atoms with Crippen molar-refractivity contribution < 1.29 is 9.53 Å². The Bertz CT molecular complexity index is 838. The van der Waals surface area contributed by atoms with Crippen molar-refractivity contribution in [2.75, 3.05) is 29.9 Å². The van der Waals surface area contributed by atoms with Gasteiger partial charge in [-0.15, -0.1) is 0 Å². The van der Waals surface area contributed by atoms with Crippen LogP contribution in [-0.4, -0.2) is 30.8 Å². The van der Waals surface area contributed by atoms with Gasteiger partial charge in [0.1, 0.15) is 0 Å². The fraction of sp³-hybridized carbons (Fsp3) is 0.391. The second kappa shape index (κ2) is 10.3.